The van der Waals surface area contributed by atoms with Crippen molar-refractivity contribution in [3.8, 4) is 0 Å². The van der Waals surface area contributed by atoms with E-state index in [1.807, 2.05) is 0 Å². The van der Waals surface area contributed by atoms with Gasteiger partial charge < -0.3 is 9.84 Å². The second kappa shape index (κ2) is 6.35. The highest BCUT2D eigenvalue weighted by atomic mass is 16.5. The Hall–Kier alpha value is -1.16. The van der Waals surface area contributed by atoms with Gasteiger partial charge in [-0.05, 0) is 20.8 Å². The van der Waals surface area contributed by atoms with Crippen LogP contribution in [0, 0.1) is 0 Å². The van der Waals surface area contributed by atoms with E-state index in [4.69, 9.17) is 4.74 Å². The van der Waals surface area contributed by atoms with E-state index < -0.39 is 12.1 Å². The molecule has 0 aliphatic rings. The van der Waals surface area contributed by atoms with Gasteiger partial charge in [0.1, 0.15) is 12.2 Å². The number of hydrogen-bond acceptors (Lipinski definition) is 4. The van der Waals surface area contributed by atoms with E-state index in [0.717, 1.165) is 0 Å². The number of hydrogen-bond donors (Lipinski definition) is 1. The Bertz CT molecular complexity index is 255. The summed E-state index contributed by atoms with van der Waals surface area (Å²) in [6.07, 6.45) is -1.47. The summed E-state index contributed by atoms with van der Waals surface area (Å²) in [5.74, 6) is -0.889. The first-order valence-corrected chi connectivity index (χ1v) is 4.87. The Morgan fingerprint density at radius 3 is 2.33 bits per heavy atom. The van der Waals surface area contributed by atoms with Crippen LogP contribution in [0.4, 0.5) is 0 Å². The summed E-state index contributed by atoms with van der Waals surface area (Å²) in [7, 11) is 0. The first-order valence-electron chi connectivity index (χ1n) is 4.87. The quantitative estimate of drug-likeness (QED) is 0.410. The van der Waals surface area contributed by atoms with Gasteiger partial charge in [-0.2, -0.15) is 0 Å². The first kappa shape index (κ1) is 13.8. The molecule has 0 amide bonds. The van der Waals surface area contributed by atoms with Crippen LogP contribution in [-0.2, 0) is 14.3 Å². The van der Waals surface area contributed by atoms with Crippen LogP contribution in [0.3, 0.4) is 0 Å². The molecule has 0 saturated heterocycles. The molecule has 0 saturated carbocycles. The van der Waals surface area contributed by atoms with Crippen molar-refractivity contribution in [3.63, 3.8) is 0 Å². The number of rotatable bonds is 6. The second-order valence-electron chi connectivity index (χ2n) is 3.82. The molecule has 0 bridgehead atoms. The van der Waals surface area contributed by atoms with E-state index in [-0.39, 0.29) is 24.7 Å². The summed E-state index contributed by atoms with van der Waals surface area (Å²) in [4.78, 5) is 22.3. The maximum atomic E-state index is 11.2. The molecule has 0 radical (unpaired) electrons. The van der Waals surface area contributed by atoms with Crippen LogP contribution in [-0.4, -0.2) is 29.1 Å². The molecule has 0 spiro atoms. The molecular formula is C11H18O4. The Balaban J connectivity index is 3.94. The summed E-state index contributed by atoms with van der Waals surface area (Å²) in [6, 6.07) is 0. The Morgan fingerprint density at radius 2 is 1.93 bits per heavy atom. The molecule has 1 unspecified atom stereocenters. The number of aliphatic hydroxyl groups is 1. The molecule has 0 aliphatic heterocycles. The number of carbonyl (C=O) groups is 2. The lowest BCUT2D eigenvalue weighted by molar-refractivity contribution is -0.149. The van der Waals surface area contributed by atoms with Gasteiger partial charge in [0.2, 0.25) is 0 Å². The number of carbonyl (C=O) groups excluding carboxylic acids is 2. The van der Waals surface area contributed by atoms with Gasteiger partial charge in [0.05, 0.1) is 12.2 Å². The molecule has 4 heteroatoms. The monoisotopic (exact) mass is 214 g/mol. The fourth-order valence-corrected chi connectivity index (χ4v) is 0.928. The van der Waals surface area contributed by atoms with E-state index in [1.54, 1.807) is 20.8 Å². The lowest BCUT2D eigenvalue weighted by atomic mass is 10.1. The van der Waals surface area contributed by atoms with Gasteiger partial charge in [-0.25, -0.2) is 0 Å². The van der Waals surface area contributed by atoms with Crippen molar-refractivity contribution in [1.82, 2.24) is 0 Å². The van der Waals surface area contributed by atoms with Gasteiger partial charge in [-0.15, -0.1) is 0 Å². The summed E-state index contributed by atoms with van der Waals surface area (Å²) >= 11 is 0. The van der Waals surface area contributed by atoms with Crippen LogP contribution < -0.4 is 0 Å². The fraction of sp³-hybridized carbons (Fsp3) is 0.636. The summed E-state index contributed by atoms with van der Waals surface area (Å²) < 4.78 is 4.80. The van der Waals surface area contributed by atoms with Crippen molar-refractivity contribution in [2.75, 3.05) is 0 Å². The van der Waals surface area contributed by atoms with E-state index in [2.05, 4.69) is 6.58 Å². The largest absolute Gasteiger partial charge is 0.463 e. The highest BCUT2D eigenvalue weighted by Crippen LogP contribution is 2.06. The Labute approximate surface area is 89.9 Å². The number of ketones is 1. The van der Waals surface area contributed by atoms with Crippen molar-refractivity contribution in [1.29, 1.82) is 0 Å². The smallest absolute Gasteiger partial charge is 0.313 e. The predicted octanol–water partition coefficient (Wildman–Crippen LogP) is 1.22. The van der Waals surface area contributed by atoms with E-state index in [0.29, 0.717) is 5.57 Å². The topological polar surface area (TPSA) is 63.6 Å². The standard InChI is InChI=1S/C11H18O4/c1-7(2)10(13)5-9(12)6-11(14)15-8(3)4/h8,10,13H,1,5-6H2,2-4H3. The molecule has 0 aromatic heterocycles. The molecule has 0 aliphatic carbocycles. The molecule has 0 fully saturated rings. The van der Waals surface area contributed by atoms with E-state index in [9.17, 15) is 14.7 Å². The second-order valence-corrected chi connectivity index (χ2v) is 3.82. The van der Waals surface area contributed by atoms with Crippen LogP contribution in [0.15, 0.2) is 12.2 Å². The summed E-state index contributed by atoms with van der Waals surface area (Å²) in [6.45, 7) is 8.57. The molecule has 1 N–H and O–H groups in total. The summed E-state index contributed by atoms with van der Waals surface area (Å²) in [5, 5.41) is 9.32. The van der Waals surface area contributed by atoms with Crippen molar-refractivity contribution >= 4 is 11.8 Å². The minimum absolute atomic E-state index is 0.0808. The lowest BCUT2D eigenvalue weighted by Gasteiger charge is -2.10. The van der Waals surface area contributed by atoms with Gasteiger partial charge in [0, 0.05) is 6.42 Å². The maximum Gasteiger partial charge on any atom is 0.313 e. The van der Waals surface area contributed by atoms with Gasteiger partial charge in [0.15, 0.2) is 0 Å². The number of ether oxygens (including phenoxy) is 1. The Morgan fingerprint density at radius 1 is 1.40 bits per heavy atom. The Kier molecular flexibility index (Phi) is 5.86. The van der Waals surface area contributed by atoms with Gasteiger partial charge in [-0.3, -0.25) is 9.59 Å². The van der Waals surface area contributed by atoms with Gasteiger partial charge >= 0.3 is 5.97 Å². The maximum absolute atomic E-state index is 11.2. The van der Waals surface area contributed by atoms with E-state index >= 15 is 0 Å². The van der Waals surface area contributed by atoms with Gasteiger partial charge in [0.25, 0.3) is 0 Å². The van der Waals surface area contributed by atoms with Crippen LogP contribution >= 0.6 is 0 Å². The first-order chi connectivity index (χ1) is 6.82. The third kappa shape index (κ3) is 6.85. The minimum Gasteiger partial charge on any atom is -0.463 e. The number of Topliss-reactive ketones (excluding diaryl/α,β-unsaturated/α-hetero) is 1. The third-order valence-electron chi connectivity index (χ3n) is 1.70. The molecule has 0 heterocycles. The zero-order valence-corrected chi connectivity index (χ0v) is 9.45. The third-order valence-corrected chi connectivity index (χ3v) is 1.70. The SMILES string of the molecule is C=C(C)C(O)CC(=O)CC(=O)OC(C)C. The minimum atomic E-state index is -0.871. The van der Waals surface area contributed by atoms with Crippen LogP contribution in [0.25, 0.3) is 0 Å². The van der Waals surface area contributed by atoms with Crippen LogP contribution in [0.1, 0.15) is 33.6 Å². The van der Waals surface area contributed by atoms with Crippen molar-refractivity contribution in [2.45, 2.75) is 45.8 Å². The molecule has 4 nitrogen and oxygen atoms in total. The normalized spacial score (nSPS) is 12.3. The highest BCUT2D eigenvalue weighted by Gasteiger charge is 2.16. The highest BCUT2D eigenvalue weighted by molar-refractivity contribution is 5.95. The fourth-order valence-electron chi connectivity index (χ4n) is 0.928. The lowest BCUT2D eigenvalue weighted by Crippen LogP contribution is -2.19. The summed E-state index contributed by atoms with van der Waals surface area (Å²) in [5.41, 5.74) is 0.514. The van der Waals surface area contributed by atoms with E-state index in [1.165, 1.54) is 0 Å². The molecule has 0 aromatic carbocycles. The van der Waals surface area contributed by atoms with Crippen molar-refractivity contribution in [3.05, 3.63) is 12.2 Å². The average Bonchev–Trinajstić information content (AvgIpc) is 2.00. The predicted molar refractivity (Wildman–Crippen MR) is 56.3 cm³/mol. The molecule has 0 rings (SSSR count). The zero-order valence-electron chi connectivity index (χ0n) is 9.45. The molecule has 15 heavy (non-hydrogen) atoms. The van der Waals surface area contributed by atoms with Crippen LogP contribution in [0.2, 0.25) is 0 Å². The van der Waals surface area contributed by atoms with Crippen LogP contribution in [0.5, 0.6) is 0 Å². The molecular weight excluding hydrogens is 196 g/mol. The van der Waals surface area contributed by atoms with Crippen molar-refractivity contribution < 1.29 is 19.4 Å². The number of aliphatic hydroxyl groups excluding tert-OH is 1. The average molecular weight is 214 g/mol. The van der Waals surface area contributed by atoms with Crippen molar-refractivity contribution in [2.24, 2.45) is 0 Å². The molecule has 0 aromatic rings. The zero-order chi connectivity index (χ0) is 12.0. The van der Waals surface area contributed by atoms with Gasteiger partial charge in [-0.1, -0.05) is 12.2 Å². The molecule has 86 valence electrons. The number of esters is 1. The molecule has 1 atom stereocenters.